The summed E-state index contributed by atoms with van der Waals surface area (Å²) in [6.45, 7) is 0. The molecule has 0 radical (unpaired) electrons. The van der Waals surface area contributed by atoms with Crippen LogP contribution in [0.5, 0.6) is 0 Å². The van der Waals surface area contributed by atoms with E-state index in [0.29, 0.717) is 0 Å². The van der Waals surface area contributed by atoms with Crippen molar-refractivity contribution in [1.82, 2.24) is 0 Å². The quantitative estimate of drug-likeness (QED) is 0.341. The first-order valence-corrected chi connectivity index (χ1v) is 4.38. The molecule has 0 fully saturated rings. The number of phosphoric acid groups is 2. The van der Waals surface area contributed by atoms with Crippen LogP contribution in [0.2, 0.25) is 0 Å². The molecule has 0 aromatic carbocycles. The summed E-state index contributed by atoms with van der Waals surface area (Å²) in [5, 5.41) is 0. The standard InChI is InChI=1S/Li.H4O7P2.V/c;1-8(2,3)7-9(4,5)6;/h;(H2,1,2,3)(H2,4,5,6);/q+1;;+3/p-4. The summed E-state index contributed by atoms with van der Waals surface area (Å²) in [7, 11) is -11.4. The van der Waals surface area contributed by atoms with Gasteiger partial charge in [0.1, 0.15) is 0 Å². The summed E-state index contributed by atoms with van der Waals surface area (Å²) in [6.07, 6.45) is 0. The summed E-state index contributed by atoms with van der Waals surface area (Å²) >= 11 is 0. The average molecular weight is 232 g/mol. The van der Waals surface area contributed by atoms with Crippen LogP contribution >= 0.6 is 15.6 Å². The maximum atomic E-state index is 9.32. The molecule has 11 heavy (non-hydrogen) atoms. The maximum Gasteiger partial charge on any atom is 3.00 e. The predicted molar refractivity (Wildman–Crippen MR) is 16.3 cm³/mol. The zero-order chi connectivity index (χ0) is 7.71. The molecule has 0 saturated carbocycles. The second-order valence-electron chi connectivity index (χ2n) is 0.976. The summed E-state index contributed by atoms with van der Waals surface area (Å²) in [5.74, 6) is 0. The first-order valence-electron chi connectivity index (χ1n) is 1.46. The summed E-state index contributed by atoms with van der Waals surface area (Å²) in [5.41, 5.74) is 0. The number of hydrogen-bond donors (Lipinski definition) is 0. The van der Waals surface area contributed by atoms with Crippen LogP contribution in [-0.4, -0.2) is 0 Å². The molecule has 0 bridgehead atoms. The molecule has 0 heterocycles. The maximum absolute atomic E-state index is 9.32. The molecule has 0 atom stereocenters. The first-order chi connectivity index (χ1) is 3.71. The Morgan fingerprint density at radius 1 is 0.909 bits per heavy atom. The van der Waals surface area contributed by atoms with Crippen LogP contribution in [-0.2, 0) is 32.0 Å². The van der Waals surface area contributed by atoms with Gasteiger partial charge < -0.3 is 33.0 Å². The minimum Gasteiger partial charge on any atom is -0.790 e. The van der Waals surface area contributed by atoms with E-state index in [9.17, 15) is 28.7 Å². The van der Waals surface area contributed by atoms with E-state index in [1.165, 1.54) is 0 Å². The normalized spacial score (nSPS) is 11.3. The van der Waals surface area contributed by atoms with Crippen LogP contribution in [0.4, 0.5) is 0 Å². The van der Waals surface area contributed by atoms with Gasteiger partial charge in [-0.05, 0) is 0 Å². The fourth-order valence-corrected chi connectivity index (χ4v) is 1.10. The Kier molecular flexibility index (Phi) is 9.94. The molecule has 0 aliphatic rings. The van der Waals surface area contributed by atoms with Gasteiger partial charge in [0, 0.05) is 0 Å². The molecular weight excluding hydrogens is 232 g/mol. The monoisotopic (exact) mass is 232 g/mol. The van der Waals surface area contributed by atoms with Crippen molar-refractivity contribution < 1.29 is 70.4 Å². The Labute approximate surface area is 86.1 Å². The molecule has 0 aromatic heterocycles. The van der Waals surface area contributed by atoms with E-state index in [1.54, 1.807) is 0 Å². The van der Waals surface area contributed by atoms with Gasteiger partial charge in [-0.15, -0.1) is 0 Å². The van der Waals surface area contributed by atoms with Crippen molar-refractivity contribution in [2.24, 2.45) is 0 Å². The zero-order valence-electron chi connectivity index (χ0n) is 5.20. The van der Waals surface area contributed by atoms with E-state index in [0.717, 1.165) is 0 Å². The Morgan fingerprint density at radius 3 is 1.09 bits per heavy atom. The van der Waals surface area contributed by atoms with Crippen molar-refractivity contribution in [3.63, 3.8) is 0 Å². The van der Waals surface area contributed by atoms with Gasteiger partial charge in [0.25, 0.3) is 0 Å². The molecular formula is LiO7P2V. The summed E-state index contributed by atoms with van der Waals surface area (Å²) in [6, 6.07) is 0. The summed E-state index contributed by atoms with van der Waals surface area (Å²) in [4.78, 5) is 37.3. The van der Waals surface area contributed by atoms with Gasteiger partial charge in [0.05, 0.1) is 15.6 Å². The van der Waals surface area contributed by atoms with Crippen LogP contribution in [0.1, 0.15) is 0 Å². The second-order valence-corrected chi connectivity index (χ2v) is 3.42. The van der Waals surface area contributed by atoms with E-state index in [4.69, 9.17) is 0 Å². The largest absolute Gasteiger partial charge is 3.00 e. The van der Waals surface area contributed by atoms with Crippen LogP contribution in [0.3, 0.4) is 0 Å². The third-order valence-corrected chi connectivity index (χ3v) is 1.80. The molecule has 0 unspecified atom stereocenters. The number of rotatable bonds is 2. The Morgan fingerprint density at radius 2 is 1.09 bits per heavy atom. The molecule has 58 valence electrons. The van der Waals surface area contributed by atoms with Crippen LogP contribution in [0.25, 0.3) is 0 Å². The average Bonchev–Trinajstić information content (AvgIpc) is 1.14. The fraction of sp³-hybridized carbons (Fsp3) is 0. The van der Waals surface area contributed by atoms with Crippen molar-refractivity contribution in [2.75, 3.05) is 0 Å². The number of hydrogen-bond acceptors (Lipinski definition) is 7. The van der Waals surface area contributed by atoms with Crippen molar-refractivity contribution >= 4 is 15.6 Å². The molecule has 0 amide bonds. The summed E-state index contributed by atoms with van der Waals surface area (Å²) < 4.78 is 21.2. The minimum atomic E-state index is -5.68. The Hall–Kier alpha value is 1.44. The van der Waals surface area contributed by atoms with Crippen LogP contribution in [0.15, 0.2) is 0 Å². The predicted octanol–water partition coefficient (Wildman–Crippen LogP) is -6.34. The fourth-order valence-electron chi connectivity index (χ4n) is 0.122. The van der Waals surface area contributed by atoms with Crippen molar-refractivity contribution in [1.29, 1.82) is 0 Å². The van der Waals surface area contributed by atoms with Crippen molar-refractivity contribution in [3.05, 3.63) is 0 Å². The van der Waals surface area contributed by atoms with Gasteiger partial charge >= 0.3 is 37.4 Å². The van der Waals surface area contributed by atoms with Gasteiger partial charge in [-0.3, -0.25) is 0 Å². The van der Waals surface area contributed by atoms with E-state index in [1.807, 2.05) is 0 Å². The zero-order valence-corrected chi connectivity index (χ0v) is 8.38. The molecule has 0 saturated heterocycles. The molecule has 7 nitrogen and oxygen atoms in total. The smallest absolute Gasteiger partial charge is 0.790 e. The first kappa shape index (κ1) is 18.3. The molecule has 0 aliphatic carbocycles. The van der Waals surface area contributed by atoms with Gasteiger partial charge in [0.2, 0.25) is 0 Å². The van der Waals surface area contributed by atoms with Gasteiger partial charge in [0.15, 0.2) is 0 Å². The van der Waals surface area contributed by atoms with Crippen molar-refractivity contribution in [2.45, 2.75) is 0 Å². The Balaban J connectivity index is -0.000000320. The molecule has 0 aromatic rings. The van der Waals surface area contributed by atoms with Crippen LogP contribution < -0.4 is 38.4 Å². The van der Waals surface area contributed by atoms with Gasteiger partial charge in [-0.25, -0.2) is 0 Å². The minimum absolute atomic E-state index is 0. The third-order valence-electron chi connectivity index (χ3n) is 0.200. The molecule has 0 aliphatic heterocycles. The second kappa shape index (κ2) is 5.98. The van der Waals surface area contributed by atoms with Gasteiger partial charge in [-0.2, -0.15) is 0 Å². The Bertz CT molecular complexity index is 157. The molecule has 0 spiro atoms. The SMILES string of the molecule is O=P([O-])([O-])OP(=O)([O-])[O-].[Li+].[V+3]. The third kappa shape index (κ3) is 18.4. The van der Waals surface area contributed by atoms with E-state index < -0.39 is 15.6 Å². The molecule has 0 N–H and O–H groups in total. The van der Waals surface area contributed by atoms with E-state index in [2.05, 4.69) is 4.31 Å². The van der Waals surface area contributed by atoms with Crippen molar-refractivity contribution in [3.8, 4) is 0 Å². The molecule has 0 rings (SSSR count). The molecule has 11 heteroatoms. The van der Waals surface area contributed by atoms with E-state index in [-0.39, 0.29) is 37.4 Å². The topological polar surface area (TPSA) is 136 Å². The van der Waals surface area contributed by atoms with E-state index >= 15 is 0 Å². The van der Waals surface area contributed by atoms with Gasteiger partial charge in [-0.1, -0.05) is 0 Å². The van der Waals surface area contributed by atoms with Crippen LogP contribution in [0, 0.1) is 0 Å².